The molecule has 4 heteroatoms. The van der Waals surface area contributed by atoms with Crippen molar-refractivity contribution in [3.63, 3.8) is 0 Å². The van der Waals surface area contributed by atoms with Gasteiger partial charge in [-0.25, -0.2) is 0 Å². The summed E-state index contributed by atoms with van der Waals surface area (Å²) in [7, 11) is 0. The number of nitrogens with one attached hydrogen (secondary N) is 1. The van der Waals surface area contributed by atoms with E-state index in [4.69, 9.17) is 0 Å². The van der Waals surface area contributed by atoms with Crippen molar-refractivity contribution in [1.29, 1.82) is 0 Å². The van der Waals surface area contributed by atoms with Gasteiger partial charge in [-0.05, 0) is 30.5 Å². The van der Waals surface area contributed by atoms with Crippen LogP contribution in [-0.4, -0.2) is 17.5 Å². The predicted octanol–water partition coefficient (Wildman–Crippen LogP) is 3.13. The molecular formula is C10H12BrNOS. The maximum absolute atomic E-state index is 11.2. The minimum absolute atomic E-state index is 0.0405. The lowest BCUT2D eigenvalue weighted by Crippen LogP contribution is -2.11. The molecule has 0 saturated heterocycles. The SMILES string of the molecule is CSc1ccc(NC(=O)CCBr)cc1. The molecule has 0 aromatic heterocycles. The van der Waals surface area contributed by atoms with Gasteiger partial charge < -0.3 is 5.32 Å². The van der Waals surface area contributed by atoms with Gasteiger partial charge in [0.05, 0.1) is 0 Å². The highest BCUT2D eigenvalue weighted by atomic mass is 79.9. The van der Waals surface area contributed by atoms with E-state index in [9.17, 15) is 4.79 Å². The molecule has 0 saturated carbocycles. The minimum atomic E-state index is 0.0405. The maximum atomic E-state index is 11.2. The molecule has 2 nitrogen and oxygen atoms in total. The Labute approximate surface area is 96.6 Å². The molecule has 1 aromatic carbocycles. The quantitative estimate of drug-likeness (QED) is 0.675. The average Bonchev–Trinajstić information content (AvgIpc) is 2.19. The molecule has 0 aliphatic carbocycles. The molecule has 0 spiro atoms. The Bertz CT molecular complexity index is 299. The van der Waals surface area contributed by atoms with E-state index in [1.54, 1.807) is 11.8 Å². The lowest BCUT2D eigenvalue weighted by Gasteiger charge is -2.04. The van der Waals surface area contributed by atoms with Gasteiger partial charge in [0.2, 0.25) is 5.91 Å². The van der Waals surface area contributed by atoms with Crippen molar-refractivity contribution in [2.45, 2.75) is 11.3 Å². The Morgan fingerprint density at radius 3 is 2.57 bits per heavy atom. The van der Waals surface area contributed by atoms with Crippen molar-refractivity contribution < 1.29 is 4.79 Å². The summed E-state index contributed by atoms with van der Waals surface area (Å²) in [6.45, 7) is 0. The fourth-order valence-electron chi connectivity index (χ4n) is 0.984. The maximum Gasteiger partial charge on any atom is 0.225 e. The Morgan fingerprint density at radius 2 is 2.07 bits per heavy atom. The smallest absolute Gasteiger partial charge is 0.225 e. The van der Waals surface area contributed by atoms with Crippen LogP contribution in [0.1, 0.15) is 6.42 Å². The van der Waals surface area contributed by atoms with Gasteiger partial charge in [0.25, 0.3) is 0 Å². The number of benzene rings is 1. The number of carbonyl (C=O) groups is 1. The normalized spacial score (nSPS) is 9.86. The molecule has 1 N–H and O–H groups in total. The molecule has 76 valence electrons. The summed E-state index contributed by atoms with van der Waals surface area (Å²) in [5.74, 6) is 0.0405. The van der Waals surface area contributed by atoms with Gasteiger partial charge in [0, 0.05) is 22.3 Å². The molecule has 0 fully saturated rings. The summed E-state index contributed by atoms with van der Waals surface area (Å²) in [5.41, 5.74) is 0.855. The number of alkyl halides is 1. The van der Waals surface area contributed by atoms with Crippen molar-refractivity contribution in [3.05, 3.63) is 24.3 Å². The van der Waals surface area contributed by atoms with Crippen molar-refractivity contribution in [3.8, 4) is 0 Å². The van der Waals surface area contributed by atoms with Crippen LogP contribution in [0.4, 0.5) is 5.69 Å². The van der Waals surface area contributed by atoms with Gasteiger partial charge in [-0.1, -0.05) is 15.9 Å². The Balaban J connectivity index is 2.55. The first kappa shape index (κ1) is 11.6. The van der Waals surface area contributed by atoms with Crippen LogP contribution in [-0.2, 0) is 4.79 Å². The van der Waals surface area contributed by atoms with Crippen LogP contribution in [0.25, 0.3) is 0 Å². The number of anilines is 1. The fourth-order valence-corrected chi connectivity index (χ4v) is 1.75. The summed E-state index contributed by atoms with van der Waals surface area (Å²) < 4.78 is 0. The van der Waals surface area contributed by atoms with Gasteiger partial charge in [-0.15, -0.1) is 11.8 Å². The number of amides is 1. The monoisotopic (exact) mass is 273 g/mol. The second-order valence-corrected chi connectivity index (χ2v) is 4.39. The van der Waals surface area contributed by atoms with Crippen molar-refractivity contribution in [1.82, 2.24) is 0 Å². The van der Waals surface area contributed by atoms with Crippen molar-refractivity contribution in [2.24, 2.45) is 0 Å². The van der Waals surface area contributed by atoms with E-state index >= 15 is 0 Å². The molecule has 1 aromatic rings. The van der Waals surface area contributed by atoms with Gasteiger partial charge in [0.1, 0.15) is 0 Å². The fraction of sp³-hybridized carbons (Fsp3) is 0.300. The number of rotatable bonds is 4. The third-order valence-corrected chi connectivity index (χ3v) is 2.84. The third kappa shape index (κ3) is 3.72. The second kappa shape index (κ2) is 6.09. The molecular weight excluding hydrogens is 262 g/mol. The number of hydrogen-bond acceptors (Lipinski definition) is 2. The van der Waals surface area contributed by atoms with Gasteiger partial charge in [-0.2, -0.15) is 0 Å². The molecule has 0 atom stereocenters. The number of hydrogen-bond donors (Lipinski definition) is 1. The zero-order valence-electron chi connectivity index (χ0n) is 7.92. The largest absolute Gasteiger partial charge is 0.326 e. The zero-order chi connectivity index (χ0) is 10.4. The van der Waals surface area contributed by atoms with Crippen LogP contribution in [0.3, 0.4) is 0 Å². The number of thioether (sulfide) groups is 1. The van der Waals surface area contributed by atoms with Crippen LogP contribution >= 0.6 is 27.7 Å². The van der Waals surface area contributed by atoms with Gasteiger partial charge in [-0.3, -0.25) is 4.79 Å². The molecule has 0 unspecified atom stereocenters. The standard InChI is InChI=1S/C10H12BrNOS/c1-14-9-4-2-8(3-5-9)12-10(13)6-7-11/h2-5H,6-7H2,1H3,(H,12,13). The van der Waals surface area contributed by atoms with E-state index in [-0.39, 0.29) is 5.91 Å². The van der Waals surface area contributed by atoms with Crippen LogP contribution in [0.2, 0.25) is 0 Å². The van der Waals surface area contributed by atoms with Crippen LogP contribution < -0.4 is 5.32 Å². The average molecular weight is 274 g/mol. The Morgan fingerprint density at radius 1 is 1.43 bits per heavy atom. The van der Waals surface area contributed by atoms with E-state index in [0.29, 0.717) is 11.8 Å². The first-order valence-corrected chi connectivity index (χ1v) is 6.60. The van der Waals surface area contributed by atoms with E-state index in [1.165, 1.54) is 4.90 Å². The predicted molar refractivity (Wildman–Crippen MR) is 65.3 cm³/mol. The lowest BCUT2D eigenvalue weighted by molar-refractivity contribution is -0.115. The summed E-state index contributed by atoms with van der Waals surface area (Å²) >= 11 is 4.91. The van der Waals surface area contributed by atoms with Gasteiger partial charge >= 0.3 is 0 Å². The van der Waals surface area contributed by atoms with E-state index < -0.39 is 0 Å². The molecule has 0 radical (unpaired) electrons. The molecule has 0 aliphatic heterocycles. The Hall–Kier alpha value is -0.480. The summed E-state index contributed by atoms with van der Waals surface area (Å²) in [5, 5.41) is 3.51. The summed E-state index contributed by atoms with van der Waals surface area (Å²) in [6.07, 6.45) is 2.53. The lowest BCUT2D eigenvalue weighted by atomic mass is 10.3. The second-order valence-electron chi connectivity index (χ2n) is 2.72. The van der Waals surface area contributed by atoms with Gasteiger partial charge in [0.15, 0.2) is 0 Å². The Kier molecular flexibility index (Phi) is 5.04. The topological polar surface area (TPSA) is 29.1 Å². The minimum Gasteiger partial charge on any atom is -0.326 e. The van der Waals surface area contributed by atoms with Crippen LogP contribution in [0.5, 0.6) is 0 Å². The summed E-state index contributed by atoms with van der Waals surface area (Å²) in [6, 6.07) is 7.82. The van der Waals surface area contributed by atoms with E-state index in [1.807, 2.05) is 30.5 Å². The molecule has 1 rings (SSSR count). The molecule has 14 heavy (non-hydrogen) atoms. The number of carbonyl (C=O) groups excluding carboxylic acids is 1. The van der Waals surface area contributed by atoms with Crippen molar-refractivity contribution >= 4 is 39.3 Å². The van der Waals surface area contributed by atoms with E-state index in [0.717, 1.165) is 5.69 Å². The molecule has 1 amide bonds. The molecule has 0 bridgehead atoms. The molecule has 0 heterocycles. The van der Waals surface area contributed by atoms with E-state index in [2.05, 4.69) is 21.2 Å². The van der Waals surface area contributed by atoms with Crippen LogP contribution in [0, 0.1) is 0 Å². The summed E-state index contributed by atoms with van der Waals surface area (Å²) in [4.78, 5) is 12.4. The first-order chi connectivity index (χ1) is 6.76. The highest BCUT2D eigenvalue weighted by Crippen LogP contribution is 2.17. The zero-order valence-corrected chi connectivity index (χ0v) is 10.3. The molecule has 0 aliphatic rings. The first-order valence-electron chi connectivity index (χ1n) is 4.26. The number of halogens is 1. The highest BCUT2D eigenvalue weighted by molar-refractivity contribution is 9.09. The van der Waals surface area contributed by atoms with Crippen LogP contribution in [0.15, 0.2) is 29.2 Å². The highest BCUT2D eigenvalue weighted by Gasteiger charge is 2.00. The van der Waals surface area contributed by atoms with Crippen molar-refractivity contribution in [2.75, 3.05) is 16.9 Å². The third-order valence-electron chi connectivity index (χ3n) is 1.70.